The highest BCUT2D eigenvalue weighted by atomic mass is 19.4. The number of hydrogen-bond donors (Lipinski definition) is 0. The maximum absolute atomic E-state index is 12.8. The third kappa shape index (κ3) is 7.85. The number of amides is 1. The number of aliphatic imine (C=N–C) groups is 1. The molecule has 8 nitrogen and oxygen atoms in total. The molecular formula is C27H37F3N6O2. The lowest BCUT2D eigenvalue weighted by Gasteiger charge is -2.28. The first kappa shape index (κ1) is 28.2. The Labute approximate surface area is 221 Å². The van der Waals surface area contributed by atoms with E-state index in [1.54, 1.807) is 24.7 Å². The van der Waals surface area contributed by atoms with Gasteiger partial charge in [-0.1, -0.05) is 6.07 Å². The lowest BCUT2D eigenvalue weighted by atomic mass is 9.81. The average Bonchev–Trinajstić information content (AvgIpc) is 3.06. The van der Waals surface area contributed by atoms with Gasteiger partial charge in [0.15, 0.2) is 6.10 Å². The molecule has 2 aromatic heterocycles. The molecule has 1 fully saturated rings. The number of carbonyl (C=O) groups is 1. The van der Waals surface area contributed by atoms with Crippen molar-refractivity contribution in [2.45, 2.75) is 77.5 Å². The van der Waals surface area contributed by atoms with Gasteiger partial charge in [-0.05, 0) is 76.3 Å². The van der Waals surface area contributed by atoms with Crippen LogP contribution in [0.15, 0.2) is 17.1 Å². The molecule has 208 valence electrons. The highest BCUT2D eigenvalue weighted by molar-refractivity contribution is 5.86. The van der Waals surface area contributed by atoms with Crippen molar-refractivity contribution in [2.75, 3.05) is 19.6 Å². The molecular weight excluding hydrogens is 497 g/mol. The smallest absolute Gasteiger partial charge is 0.425 e. The molecule has 11 heteroatoms. The highest BCUT2D eigenvalue weighted by Gasteiger charge is 2.38. The molecule has 0 spiro atoms. The summed E-state index contributed by atoms with van der Waals surface area (Å²) in [7, 11) is 1.78. The first-order valence-corrected chi connectivity index (χ1v) is 13.4. The van der Waals surface area contributed by atoms with E-state index in [9.17, 15) is 18.0 Å². The number of hydrogen-bond acceptors (Lipinski definition) is 6. The van der Waals surface area contributed by atoms with Crippen LogP contribution in [-0.2, 0) is 31.1 Å². The predicted molar refractivity (Wildman–Crippen MR) is 137 cm³/mol. The van der Waals surface area contributed by atoms with Crippen LogP contribution in [-0.4, -0.2) is 68.7 Å². The Kier molecular flexibility index (Phi) is 9.17. The fourth-order valence-corrected chi connectivity index (χ4v) is 5.22. The van der Waals surface area contributed by atoms with Crippen molar-refractivity contribution in [3.05, 3.63) is 35.0 Å². The van der Waals surface area contributed by atoms with Crippen molar-refractivity contribution in [1.82, 2.24) is 24.6 Å². The van der Waals surface area contributed by atoms with Gasteiger partial charge >= 0.3 is 6.18 Å². The second kappa shape index (κ2) is 12.4. The number of aryl methyl sites for hydroxylation is 2. The van der Waals surface area contributed by atoms with Gasteiger partial charge < -0.3 is 9.64 Å². The number of carbonyl (C=O) groups excluding carboxylic acids is 1. The van der Waals surface area contributed by atoms with Crippen molar-refractivity contribution >= 4 is 12.1 Å². The summed E-state index contributed by atoms with van der Waals surface area (Å²) in [4.78, 5) is 27.5. The number of fused-ring (bicyclic) bond motifs is 1. The summed E-state index contributed by atoms with van der Waals surface area (Å²) in [5, 5.41) is 4.17. The molecule has 0 saturated heterocycles. The molecule has 0 unspecified atom stereocenters. The standard InChI is InChI=1S/C27H37F3N6O2/c1-18(27(28,29)30)38-26-9-8-22-11-14-36(15-12-23(22)33-26)13-10-20-4-6-21(7-5-20)17-31-25(37)16-24-32-19(2)34-35(24)3/h8-9,17-18,20-21H,4-7,10-16H2,1-3H3/t18-,20?,21?/m1/s1. The molecule has 1 amide bonds. The van der Waals surface area contributed by atoms with E-state index in [0.717, 1.165) is 76.3 Å². The van der Waals surface area contributed by atoms with Crippen molar-refractivity contribution in [2.24, 2.45) is 23.9 Å². The van der Waals surface area contributed by atoms with E-state index in [4.69, 9.17) is 4.74 Å². The lowest BCUT2D eigenvalue weighted by Crippen LogP contribution is -2.31. The first-order chi connectivity index (χ1) is 18.1. The number of aromatic nitrogens is 4. The molecule has 4 rings (SSSR count). The Bertz CT molecular complexity index is 1120. The Morgan fingerprint density at radius 1 is 1.18 bits per heavy atom. The molecule has 1 aliphatic heterocycles. The van der Waals surface area contributed by atoms with E-state index < -0.39 is 12.3 Å². The van der Waals surface area contributed by atoms with Crippen LogP contribution in [0.25, 0.3) is 0 Å². The van der Waals surface area contributed by atoms with Crippen molar-refractivity contribution in [3.63, 3.8) is 0 Å². The van der Waals surface area contributed by atoms with Crippen LogP contribution in [0.1, 0.15) is 61.9 Å². The van der Waals surface area contributed by atoms with Gasteiger partial charge in [-0.3, -0.25) is 9.48 Å². The Hall–Kier alpha value is -2.82. The normalized spacial score (nSPS) is 21.7. The van der Waals surface area contributed by atoms with Crippen LogP contribution in [0, 0.1) is 18.8 Å². The first-order valence-electron chi connectivity index (χ1n) is 13.4. The molecule has 0 N–H and O–H groups in total. The molecule has 2 aliphatic rings. The summed E-state index contributed by atoms with van der Waals surface area (Å²) in [6.45, 7) is 5.56. The highest BCUT2D eigenvalue weighted by Crippen LogP contribution is 2.31. The fourth-order valence-electron chi connectivity index (χ4n) is 5.22. The summed E-state index contributed by atoms with van der Waals surface area (Å²) in [6.07, 6.45) is 2.70. The summed E-state index contributed by atoms with van der Waals surface area (Å²) < 4.78 is 45.1. The number of pyridine rings is 1. The molecule has 1 aliphatic carbocycles. The minimum atomic E-state index is -4.41. The van der Waals surface area contributed by atoms with Crippen LogP contribution < -0.4 is 4.74 Å². The zero-order valence-electron chi connectivity index (χ0n) is 22.4. The van der Waals surface area contributed by atoms with E-state index in [2.05, 4.69) is 25.0 Å². The van der Waals surface area contributed by atoms with Crippen LogP contribution in [0.3, 0.4) is 0 Å². The van der Waals surface area contributed by atoms with Crippen molar-refractivity contribution < 1.29 is 22.7 Å². The minimum Gasteiger partial charge on any atom is -0.465 e. The van der Waals surface area contributed by atoms with Crippen molar-refractivity contribution in [3.8, 4) is 5.88 Å². The minimum absolute atomic E-state index is 0.0350. The molecule has 0 aromatic carbocycles. The summed E-state index contributed by atoms with van der Waals surface area (Å²) >= 11 is 0. The van der Waals surface area contributed by atoms with Gasteiger partial charge in [-0.2, -0.15) is 18.3 Å². The van der Waals surface area contributed by atoms with Crippen LogP contribution in [0.4, 0.5) is 13.2 Å². The van der Waals surface area contributed by atoms with Crippen LogP contribution >= 0.6 is 0 Å². The molecule has 2 aromatic rings. The molecule has 38 heavy (non-hydrogen) atoms. The average molecular weight is 535 g/mol. The predicted octanol–water partition coefficient (Wildman–Crippen LogP) is 4.29. The fraction of sp³-hybridized carbons (Fsp3) is 0.667. The van der Waals surface area contributed by atoms with Gasteiger partial charge in [0.1, 0.15) is 11.6 Å². The number of alkyl halides is 3. The van der Waals surface area contributed by atoms with E-state index in [1.165, 1.54) is 0 Å². The third-order valence-corrected chi connectivity index (χ3v) is 7.61. The van der Waals surface area contributed by atoms with E-state index >= 15 is 0 Å². The quantitative estimate of drug-likeness (QED) is 0.470. The van der Waals surface area contributed by atoms with Gasteiger partial charge in [-0.25, -0.2) is 15.0 Å². The Morgan fingerprint density at radius 3 is 2.61 bits per heavy atom. The van der Waals surface area contributed by atoms with Crippen molar-refractivity contribution in [1.29, 1.82) is 0 Å². The topological polar surface area (TPSA) is 85.5 Å². The molecule has 3 heterocycles. The summed E-state index contributed by atoms with van der Waals surface area (Å²) in [5.74, 6) is 2.12. The zero-order chi connectivity index (χ0) is 27.3. The monoisotopic (exact) mass is 534 g/mol. The van der Waals surface area contributed by atoms with Gasteiger partial charge in [0.25, 0.3) is 5.91 Å². The van der Waals surface area contributed by atoms with Crippen LogP contribution in [0.2, 0.25) is 0 Å². The number of halogens is 3. The SMILES string of the molecule is Cc1nc(CC(=O)N=CC2CCC(CCN3CCc4ccc(O[C@H](C)C(F)(F)F)nc4CC3)CC2)n(C)n1. The molecule has 0 radical (unpaired) electrons. The molecule has 1 atom stereocenters. The third-order valence-electron chi connectivity index (χ3n) is 7.61. The second-order valence-electron chi connectivity index (χ2n) is 10.5. The van der Waals surface area contributed by atoms with E-state index in [0.29, 0.717) is 29.9 Å². The number of nitrogens with zero attached hydrogens (tertiary/aromatic N) is 6. The van der Waals surface area contributed by atoms with Gasteiger partial charge in [0.05, 0.1) is 6.42 Å². The molecule has 0 bridgehead atoms. The Balaban J connectivity index is 1.17. The maximum atomic E-state index is 12.8. The summed E-state index contributed by atoms with van der Waals surface area (Å²) in [5.41, 5.74) is 1.92. The largest absolute Gasteiger partial charge is 0.465 e. The van der Waals surface area contributed by atoms with Gasteiger partial charge in [0, 0.05) is 44.5 Å². The zero-order valence-corrected chi connectivity index (χ0v) is 22.4. The van der Waals surface area contributed by atoms with Crippen LogP contribution in [0.5, 0.6) is 5.88 Å². The Morgan fingerprint density at radius 2 is 1.92 bits per heavy atom. The van der Waals surface area contributed by atoms with Gasteiger partial charge in [0.2, 0.25) is 5.88 Å². The molecule has 1 saturated carbocycles. The maximum Gasteiger partial charge on any atom is 0.425 e. The number of rotatable bonds is 8. The van der Waals surface area contributed by atoms with Gasteiger partial charge in [-0.15, -0.1) is 0 Å². The lowest BCUT2D eigenvalue weighted by molar-refractivity contribution is -0.190. The number of ether oxygens (including phenoxy) is 1. The summed E-state index contributed by atoms with van der Waals surface area (Å²) in [6, 6.07) is 3.40. The van der Waals surface area contributed by atoms with E-state index in [-0.39, 0.29) is 18.2 Å². The second-order valence-corrected chi connectivity index (χ2v) is 10.5. The van der Waals surface area contributed by atoms with E-state index in [1.807, 2.05) is 12.3 Å².